The highest BCUT2D eigenvalue weighted by Crippen LogP contribution is 2.03. The second-order valence-corrected chi connectivity index (χ2v) is 2.65. The van der Waals surface area contributed by atoms with Crippen molar-refractivity contribution < 1.29 is 18.8 Å². The molecule has 0 fully saturated rings. The number of hydrogen-bond acceptors (Lipinski definition) is 3. The number of carboxylic acids is 1. The molecule has 0 saturated heterocycles. The molecule has 1 N–H and O–H groups in total. The van der Waals surface area contributed by atoms with Gasteiger partial charge in [0.05, 0.1) is 0 Å². The van der Waals surface area contributed by atoms with Gasteiger partial charge in [-0.3, -0.25) is 4.79 Å². The van der Waals surface area contributed by atoms with Gasteiger partial charge in [0, 0.05) is 23.3 Å². The Kier molecular flexibility index (Phi) is 3.22. The van der Waals surface area contributed by atoms with Gasteiger partial charge in [-0.2, -0.15) is 12.6 Å². The lowest BCUT2D eigenvalue weighted by molar-refractivity contribution is -0.147. The van der Waals surface area contributed by atoms with Crippen molar-refractivity contribution in [3.63, 3.8) is 0 Å². The Morgan fingerprint density at radius 3 is 2.77 bits per heavy atom. The minimum Gasteiger partial charge on any atom is -0.480 e. The maximum absolute atomic E-state index is 11.5. The fourth-order valence-electron chi connectivity index (χ4n) is 0.801. The fraction of sp³-hybridized carbons (Fsp3) is 0.500. The molecule has 0 unspecified atom stereocenters. The summed E-state index contributed by atoms with van der Waals surface area (Å²) in [5.41, 5.74) is 0. The van der Waals surface area contributed by atoms with Gasteiger partial charge in [0.1, 0.15) is 6.04 Å². The molecule has 0 rings (SSSR count). The molecule has 0 aliphatic rings. The third kappa shape index (κ3) is 3.50. The van der Waals surface area contributed by atoms with Crippen molar-refractivity contribution in [2.45, 2.75) is 12.9 Å². The van der Waals surface area contributed by atoms with Crippen LogP contribution < -0.4 is 0 Å². The lowest BCUT2D eigenvalue weighted by Crippen LogP contribution is -2.45. The molecule has 0 aromatic rings. The molecule has 0 radical (unpaired) electrons. The number of nitrogens with zero attached hydrogens (tertiary/aromatic N) is 1. The van der Waals surface area contributed by atoms with E-state index in [9.17, 15) is 9.59 Å². The van der Waals surface area contributed by atoms with Crippen molar-refractivity contribution in [2.75, 3.05) is 12.3 Å². The first kappa shape index (κ1) is 7.44. The molecule has 4 nitrogen and oxygen atoms in total. The standard InChI is InChI=1S/C8H13NO3S/c1-3-4-9(6(2)10)7(5-13)8(11)12/h3,7,13H,1,4-5H2,2H3,(H,11,12)/t7-/m0/s1/i2D3. The van der Waals surface area contributed by atoms with E-state index in [-0.39, 0.29) is 12.3 Å². The van der Waals surface area contributed by atoms with Gasteiger partial charge < -0.3 is 10.0 Å². The molecule has 0 aliphatic heterocycles. The highest BCUT2D eigenvalue weighted by Gasteiger charge is 2.24. The minimum atomic E-state index is -2.86. The Labute approximate surface area is 86.9 Å². The molecule has 0 aromatic heterocycles. The molecule has 0 heterocycles. The van der Waals surface area contributed by atoms with Gasteiger partial charge in [-0.15, -0.1) is 6.58 Å². The second kappa shape index (κ2) is 5.64. The Morgan fingerprint density at radius 1 is 1.85 bits per heavy atom. The number of amides is 1. The first-order valence-corrected chi connectivity index (χ1v) is 4.14. The van der Waals surface area contributed by atoms with Crippen LogP contribution in [-0.2, 0) is 9.59 Å². The predicted octanol–water partition coefficient (Wildman–Crippen LogP) is 0.404. The number of aliphatic carboxylic acids is 1. The van der Waals surface area contributed by atoms with Gasteiger partial charge in [0.2, 0.25) is 5.91 Å². The minimum absolute atomic E-state index is 0.144. The summed E-state index contributed by atoms with van der Waals surface area (Å²) >= 11 is 3.78. The molecule has 0 aliphatic carbocycles. The number of thiol groups is 1. The Morgan fingerprint density at radius 2 is 2.46 bits per heavy atom. The molecular formula is C8H13NO3S. The summed E-state index contributed by atoms with van der Waals surface area (Å²) in [5, 5.41) is 8.82. The van der Waals surface area contributed by atoms with E-state index in [4.69, 9.17) is 9.22 Å². The van der Waals surface area contributed by atoms with Crippen LogP contribution in [0.4, 0.5) is 0 Å². The molecule has 13 heavy (non-hydrogen) atoms. The van der Waals surface area contributed by atoms with Crippen LogP contribution in [0.2, 0.25) is 0 Å². The highest BCUT2D eigenvalue weighted by molar-refractivity contribution is 7.80. The third-order valence-electron chi connectivity index (χ3n) is 1.42. The molecule has 0 saturated carbocycles. The Bertz CT molecular complexity index is 293. The Hall–Kier alpha value is -0.970. The van der Waals surface area contributed by atoms with E-state index in [2.05, 4.69) is 19.2 Å². The van der Waals surface area contributed by atoms with Crippen LogP contribution in [0.15, 0.2) is 12.7 Å². The van der Waals surface area contributed by atoms with E-state index < -0.39 is 24.8 Å². The van der Waals surface area contributed by atoms with E-state index in [1.165, 1.54) is 6.08 Å². The van der Waals surface area contributed by atoms with Gasteiger partial charge in [-0.25, -0.2) is 4.79 Å². The smallest absolute Gasteiger partial charge is 0.327 e. The average molecular weight is 206 g/mol. The zero-order valence-electron chi connectivity index (χ0n) is 9.93. The van der Waals surface area contributed by atoms with Crippen LogP contribution in [-0.4, -0.2) is 40.2 Å². The normalized spacial score (nSPS) is 16.2. The summed E-state index contributed by atoms with van der Waals surface area (Å²) in [4.78, 5) is 23.0. The molecule has 0 spiro atoms. The number of carbonyl (C=O) groups excluding carboxylic acids is 1. The van der Waals surface area contributed by atoms with E-state index in [1.54, 1.807) is 0 Å². The van der Waals surface area contributed by atoms with Crippen molar-refractivity contribution in [3.05, 3.63) is 12.7 Å². The first-order chi connectivity index (χ1) is 7.25. The van der Waals surface area contributed by atoms with Crippen molar-refractivity contribution in [1.29, 1.82) is 0 Å². The van der Waals surface area contributed by atoms with E-state index >= 15 is 0 Å². The largest absolute Gasteiger partial charge is 0.480 e. The summed E-state index contributed by atoms with van der Waals surface area (Å²) in [6.45, 7) is 0.340. The molecule has 5 heteroatoms. The molecular weight excluding hydrogens is 190 g/mol. The quantitative estimate of drug-likeness (QED) is 0.506. The zero-order chi connectivity index (χ0) is 12.9. The third-order valence-corrected chi connectivity index (χ3v) is 1.77. The first-order valence-electron chi connectivity index (χ1n) is 5.01. The summed E-state index contributed by atoms with van der Waals surface area (Å²) in [5.74, 6) is -2.67. The molecule has 74 valence electrons. The van der Waals surface area contributed by atoms with Gasteiger partial charge in [-0.1, -0.05) is 6.08 Å². The predicted molar refractivity (Wildman–Crippen MR) is 52.9 cm³/mol. The molecule has 0 bridgehead atoms. The van der Waals surface area contributed by atoms with Gasteiger partial charge in [0.25, 0.3) is 0 Å². The van der Waals surface area contributed by atoms with Crippen LogP contribution in [0.25, 0.3) is 0 Å². The van der Waals surface area contributed by atoms with Crippen LogP contribution in [0.5, 0.6) is 0 Å². The van der Waals surface area contributed by atoms with E-state index in [0.717, 1.165) is 4.90 Å². The lowest BCUT2D eigenvalue weighted by atomic mass is 10.2. The summed E-state index contributed by atoms with van der Waals surface area (Å²) in [6, 6.07) is -1.27. The summed E-state index contributed by atoms with van der Waals surface area (Å²) in [7, 11) is 0. The van der Waals surface area contributed by atoms with E-state index in [1.807, 2.05) is 0 Å². The van der Waals surface area contributed by atoms with Crippen LogP contribution in [0, 0.1) is 0 Å². The maximum Gasteiger partial charge on any atom is 0.327 e. The monoisotopic (exact) mass is 206 g/mol. The zero-order valence-corrected chi connectivity index (χ0v) is 7.83. The molecule has 1 atom stereocenters. The lowest BCUT2D eigenvalue weighted by Gasteiger charge is -2.25. The van der Waals surface area contributed by atoms with Crippen molar-refractivity contribution >= 4 is 24.5 Å². The number of carbonyl (C=O) groups is 2. The van der Waals surface area contributed by atoms with Crippen LogP contribution >= 0.6 is 12.6 Å². The van der Waals surface area contributed by atoms with Gasteiger partial charge in [-0.05, 0) is 0 Å². The van der Waals surface area contributed by atoms with Gasteiger partial charge in [0.15, 0.2) is 0 Å². The van der Waals surface area contributed by atoms with E-state index in [0.29, 0.717) is 0 Å². The number of rotatable bonds is 5. The summed E-state index contributed by atoms with van der Waals surface area (Å²) < 4.78 is 20.8. The topological polar surface area (TPSA) is 57.6 Å². The Balaban J connectivity index is 5.05. The highest BCUT2D eigenvalue weighted by atomic mass is 32.1. The van der Waals surface area contributed by atoms with Crippen molar-refractivity contribution in [1.82, 2.24) is 4.90 Å². The SMILES string of the molecule is [2H]C([2H])([2H])C(=O)N(CC=C)[C@@H](CS)C(=O)O. The van der Waals surface area contributed by atoms with Crippen molar-refractivity contribution in [3.8, 4) is 0 Å². The average Bonchev–Trinajstić information content (AvgIpc) is 2.14. The second-order valence-electron chi connectivity index (χ2n) is 2.28. The summed E-state index contributed by atoms with van der Waals surface area (Å²) in [6.07, 6.45) is 1.27. The number of hydrogen-bond donors (Lipinski definition) is 2. The maximum atomic E-state index is 11.5. The molecule has 0 aromatic carbocycles. The molecule has 1 amide bonds. The number of carboxylic acid groups (broad SMARTS) is 1. The van der Waals surface area contributed by atoms with Crippen LogP contribution in [0.3, 0.4) is 0 Å². The fourth-order valence-corrected chi connectivity index (χ4v) is 1.15. The van der Waals surface area contributed by atoms with Crippen LogP contribution in [0.1, 0.15) is 11.0 Å². The van der Waals surface area contributed by atoms with Crippen molar-refractivity contribution in [2.24, 2.45) is 0 Å². The van der Waals surface area contributed by atoms with Gasteiger partial charge >= 0.3 is 5.97 Å².